The van der Waals surface area contributed by atoms with Gasteiger partial charge in [-0.25, -0.2) is 4.79 Å². The van der Waals surface area contributed by atoms with Crippen LogP contribution < -0.4 is 10.6 Å². The van der Waals surface area contributed by atoms with Crippen LogP contribution in [0.1, 0.15) is 76.0 Å². The van der Waals surface area contributed by atoms with Gasteiger partial charge < -0.3 is 10.6 Å². The molecule has 2 amide bonds. The number of benzene rings is 2. The number of anilines is 1. The number of carbonyl (C=O) groups is 1. The van der Waals surface area contributed by atoms with Crippen molar-refractivity contribution in [2.24, 2.45) is 11.3 Å². The molecule has 0 aromatic heterocycles. The molecule has 4 rings (SSSR count). The lowest BCUT2D eigenvalue weighted by Gasteiger charge is -2.55. The predicted molar refractivity (Wildman–Crippen MR) is 125 cm³/mol. The Bertz CT molecular complexity index is 906. The standard InChI is InChI=1S/C27H36N2O/c1-19(2)20-11-13-23-21(17-20)12-14-24-26(3,15-8-16-27(23,24)4)18-28-25(30)29-22-9-6-5-7-10-22/h5-7,9-11,13,17,19,24H,8,12,14-16,18H2,1-4H3,(H2,28,29,30)/t24?,26-,27+/m0/s1. The molecule has 2 aliphatic rings. The van der Waals surface area contributed by atoms with E-state index in [9.17, 15) is 4.79 Å². The number of hydrogen-bond donors (Lipinski definition) is 2. The second kappa shape index (κ2) is 8.09. The van der Waals surface area contributed by atoms with Crippen LogP contribution in [0.15, 0.2) is 48.5 Å². The molecule has 3 heteroatoms. The number of hydrogen-bond acceptors (Lipinski definition) is 1. The highest BCUT2D eigenvalue weighted by molar-refractivity contribution is 5.89. The molecule has 0 saturated heterocycles. The van der Waals surface area contributed by atoms with Crippen LogP contribution in [0.25, 0.3) is 0 Å². The topological polar surface area (TPSA) is 41.1 Å². The summed E-state index contributed by atoms with van der Waals surface area (Å²) >= 11 is 0. The second-order valence-electron chi connectivity index (χ2n) is 10.3. The van der Waals surface area contributed by atoms with Gasteiger partial charge in [-0.2, -0.15) is 0 Å². The molecule has 0 aliphatic heterocycles. The number of carbonyl (C=O) groups excluding carboxylic acids is 1. The van der Waals surface area contributed by atoms with Crippen LogP contribution >= 0.6 is 0 Å². The minimum absolute atomic E-state index is 0.104. The summed E-state index contributed by atoms with van der Waals surface area (Å²) in [6.07, 6.45) is 6.01. The van der Waals surface area contributed by atoms with Gasteiger partial charge in [-0.15, -0.1) is 0 Å². The normalized spacial score (nSPS) is 27.8. The van der Waals surface area contributed by atoms with Crippen molar-refractivity contribution in [3.63, 3.8) is 0 Å². The van der Waals surface area contributed by atoms with E-state index in [-0.39, 0.29) is 16.9 Å². The van der Waals surface area contributed by atoms with Gasteiger partial charge in [-0.3, -0.25) is 0 Å². The van der Waals surface area contributed by atoms with Crippen molar-refractivity contribution in [1.82, 2.24) is 5.32 Å². The molecule has 0 bridgehead atoms. The van der Waals surface area contributed by atoms with Crippen LogP contribution in [0.5, 0.6) is 0 Å². The van der Waals surface area contributed by atoms with E-state index >= 15 is 0 Å². The highest BCUT2D eigenvalue weighted by Gasteiger charge is 2.51. The van der Waals surface area contributed by atoms with E-state index in [1.807, 2.05) is 30.3 Å². The molecule has 0 radical (unpaired) electrons. The molecule has 3 atom stereocenters. The van der Waals surface area contributed by atoms with Gasteiger partial charge in [0.2, 0.25) is 0 Å². The highest BCUT2D eigenvalue weighted by atomic mass is 16.2. The molecule has 2 aromatic rings. The summed E-state index contributed by atoms with van der Waals surface area (Å²) in [5.74, 6) is 1.16. The van der Waals surface area contributed by atoms with Crippen LogP contribution in [0.4, 0.5) is 10.5 Å². The average molecular weight is 405 g/mol. The molecule has 1 saturated carbocycles. The zero-order valence-corrected chi connectivity index (χ0v) is 18.9. The minimum atomic E-state index is -0.104. The monoisotopic (exact) mass is 404 g/mol. The molecule has 3 nitrogen and oxygen atoms in total. The highest BCUT2D eigenvalue weighted by Crippen LogP contribution is 2.57. The van der Waals surface area contributed by atoms with Gasteiger partial charge in [-0.1, -0.05) is 70.5 Å². The fraction of sp³-hybridized carbons (Fsp3) is 0.519. The lowest BCUT2D eigenvalue weighted by Crippen LogP contribution is -2.53. The number of amides is 2. The van der Waals surface area contributed by atoms with Crippen LogP contribution in [-0.4, -0.2) is 12.6 Å². The molecular weight excluding hydrogens is 368 g/mol. The smallest absolute Gasteiger partial charge is 0.319 e. The maximum absolute atomic E-state index is 12.5. The van der Waals surface area contributed by atoms with Gasteiger partial charge in [0, 0.05) is 12.2 Å². The largest absolute Gasteiger partial charge is 0.337 e. The van der Waals surface area contributed by atoms with Crippen LogP contribution in [0.3, 0.4) is 0 Å². The van der Waals surface area contributed by atoms with E-state index in [0.717, 1.165) is 18.7 Å². The zero-order valence-electron chi connectivity index (χ0n) is 18.9. The third kappa shape index (κ3) is 3.87. The first-order chi connectivity index (χ1) is 14.3. The van der Waals surface area contributed by atoms with E-state index in [1.54, 1.807) is 11.1 Å². The average Bonchev–Trinajstić information content (AvgIpc) is 2.72. The molecule has 160 valence electrons. The van der Waals surface area contributed by atoms with Crippen molar-refractivity contribution in [2.75, 3.05) is 11.9 Å². The molecule has 0 heterocycles. The van der Waals surface area contributed by atoms with Crippen LogP contribution in [0, 0.1) is 11.3 Å². The van der Waals surface area contributed by atoms with E-state index in [1.165, 1.54) is 31.2 Å². The van der Waals surface area contributed by atoms with Crippen molar-refractivity contribution >= 4 is 11.7 Å². The predicted octanol–water partition coefficient (Wildman–Crippen LogP) is 6.64. The van der Waals surface area contributed by atoms with Crippen molar-refractivity contribution in [3.05, 3.63) is 65.2 Å². The maximum atomic E-state index is 12.5. The van der Waals surface area contributed by atoms with Gasteiger partial charge in [0.25, 0.3) is 0 Å². The first kappa shape index (κ1) is 21.0. The van der Waals surface area contributed by atoms with E-state index in [0.29, 0.717) is 11.8 Å². The Kier molecular flexibility index (Phi) is 5.65. The molecular formula is C27H36N2O. The Morgan fingerprint density at radius 1 is 1.10 bits per heavy atom. The van der Waals surface area contributed by atoms with Gasteiger partial charge >= 0.3 is 6.03 Å². The number of nitrogens with one attached hydrogen (secondary N) is 2. The molecule has 0 spiro atoms. The van der Waals surface area contributed by atoms with Gasteiger partial charge in [0.1, 0.15) is 0 Å². The van der Waals surface area contributed by atoms with Gasteiger partial charge in [0.15, 0.2) is 0 Å². The summed E-state index contributed by atoms with van der Waals surface area (Å²) in [6.45, 7) is 10.2. The second-order valence-corrected chi connectivity index (χ2v) is 10.3. The Hall–Kier alpha value is -2.29. The molecule has 2 N–H and O–H groups in total. The van der Waals surface area contributed by atoms with Gasteiger partial charge in [-0.05, 0) is 77.2 Å². The van der Waals surface area contributed by atoms with Crippen LogP contribution in [-0.2, 0) is 11.8 Å². The Morgan fingerprint density at radius 3 is 2.60 bits per heavy atom. The number of aryl methyl sites for hydroxylation is 1. The summed E-state index contributed by atoms with van der Waals surface area (Å²) in [5.41, 5.74) is 5.72. The van der Waals surface area contributed by atoms with E-state index in [2.05, 4.69) is 56.5 Å². The third-order valence-corrected chi connectivity index (χ3v) is 7.85. The fourth-order valence-corrected chi connectivity index (χ4v) is 6.19. The molecule has 30 heavy (non-hydrogen) atoms. The van der Waals surface area contributed by atoms with Crippen molar-refractivity contribution in [3.8, 4) is 0 Å². The first-order valence-corrected chi connectivity index (χ1v) is 11.5. The number of para-hydroxylation sites is 1. The summed E-state index contributed by atoms with van der Waals surface area (Å²) in [5, 5.41) is 6.15. The summed E-state index contributed by atoms with van der Waals surface area (Å²) < 4.78 is 0. The Morgan fingerprint density at radius 2 is 1.87 bits per heavy atom. The Balaban J connectivity index is 1.51. The van der Waals surface area contributed by atoms with Crippen molar-refractivity contribution in [2.45, 2.75) is 71.1 Å². The van der Waals surface area contributed by atoms with Gasteiger partial charge in [0.05, 0.1) is 0 Å². The molecule has 2 aromatic carbocycles. The molecule has 1 unspecified atom stereocenters. The summed E-state index contributed by atoms with van der Waals surface area (Å²) in [4.78, 5) is 12.5. The van der Waals surface area contributed by atoms with E-state index in [4.69, 9.17) is 0 Å². The maximum Gasteiger partial charge on any atom is 0.319 e. The molecule has 1 fully saturated rings. The SMILES string of the molecule is CC(C)c1ccc2c(c1)CCC1[C@](C)(CNC(=O)Nc3ccccc3)CCC[C@]21C. The van der Waals surface area contributed by atoms with Crippen LogP contribution in [0.2, 0.25) is 0 Å². The lowest BCUT2D eigenvalue weighted by atomic mass is 9.49. The number of rotatable bonds is 4. The lowest BCUT2D eigenvalue weighted by molar-refractivity contribution is 0.0281. The fourth-order valence-electron chi connectivity index (χ4n) is 6.19. The molecule has 2 aliphatic carbocycles. The summed E-state index contributed by atoms with van der Waals surface area (Å²) in [7, 11) is 0. The quantitative estimate of drug-likeness (QED) is 0.589. The van der Waals surface area contributed by atoms with E-state index < -0.39 is 0 Å². The number of fused-ring (bicyclic) bond motifs is 3. The van der Waals surface area contributed by atoms with Crippen molar-refractivity contribution in [1.29, 1.82) is 0 Å². The Labute approximate surface area is 181 Å². The summed E-state index contributed by atoms with van der Waals surface area (Å²) in [6, 6.07) is 16.8. The first-order valence-electron chi connectivity index (χ1n) is 11.5. The zero-order chi connectivity index (χ0) is 21.4. The third-order valence-electron chi connectivity index (χ3n) is 7.85. The van der Waals surface area contributed by atoms with Crippen molar-refractivity contribution < 1.29 is 4.79 Å². The number of urea groups is 1. The minimum Gasteiger partial charge on any atom is -0.337 e.